The smallest absolute Gasteiger partial charge is 0.135 e. The molecule has 0 aromatic carbocycles. The Hall–Kier alpha value is -1.18. The molecule has 0 aromatic rings. The van der Waals surface area contributed by atoms with Crippen molar-refractivity contribution in [3.63, 3.8) is 0 Å². The van der Waals surface area contributed by atoms with E-state index in [-0.39, 0.29) is 6.10 Å². The highest BCUT2D eigenvalue weighted by atomic mass is 16.5. The van der Waals surface area contributed by atoms with E-state index in [2.05, 4.69) is 5.32 Å². The second-order valence-corrected chi connectivity index (χ2v) is 2.60. The Balaban J connectivity index is 2.51. The van der Waals surface area contributed by atoms with Gasteiger partial charge in [0.25, 0.3) is 0 Å². The van der Waals surface area contributed by atoms with Crippen molar-refractivity contribution < 1.29 is 4.74 Å². The second kappa shape index (κ2) is 3.86. The maximum absolute atomic E-state index is 5.44. The zero-order valence-electron chi connectivity index (χ0n) is 6.87. The Labute approximate surface area is 67.2 Å². The molecule has 0 amide bonds. The van der Waals surface area contributed by atoms with E-state index in [4.69, 9.17) is 4.74 Å². The third kappa shape index (κ3) is 2.94. The summed E-state index contributed by atoms with van der Waals surface area (Å²) < 4.78 is 5.44. The minimum Gasteiger partial charge on any atom is -0.489 e. The minimum atomic E-state index is 0.228. The molecule has 0 spiro atoms. The lowest BCUT2D eigenvalue weighted by Crippen LogP contribution is -2.03. The van der Waals surface area contributed by atoms with Crippen LogP contribution in [0.15, 0.2) is 36.4 Å². The van der Waals surface area contributed by atoms with E-state index in [0.717, 1.165) is 5.76 Å². The molecular weight excluding hydrogens is 138 g/mol. The van der Waals surface area contributed by atoms with Gasteiger partial charge in [0.2, 0.25) is 0 Å². The quantitative estimate of drug-likeness (QED) is 0.651. The third-order valence-corrected chi connectivity index (χ3v) is 1.16. The zero-order chi connectivity index (χ0) is 8.10. The second-order valence-electron chi connectivity index (χ2n) is 2.60. The molecule has 2 heteroatoms. The van der Waals surface area contributed by atoms with Gasteiger partial charge in [-0.3, -0.25) is 0 Å². The van der Waals surface area contributed by atoms with Crippen molar-refractivity contribution in [3.8, 4) is 0 Å². The summed E-state index contributed by atoms with van der Waals surface area (Å²) in [6.07, 6.45) is 9.70. The fraction of sp³-hybridized carbons (Fsp3) is 0.333. The molecule has 1 heterocycles. The molecule has 1 rings (SSSR count). The van der Waals surface area contributed by atoms with E-state index in [1.54, 1.807) is 0 Å². The number of ether oxygens (including phenoxy) is 1. The van der Waals surface area contributed by atoms with Gasteiger partial charge in [-0.1, -0.05) is 6.08 Å². The summed E-state index contributed by atoms with van der Waals surface area (Å²) in [5.41, 5.74) is 0. The molecule has 0 fully saturated rings. The number of hydrogen-bond donors (Lipinski definition) is 1. The van der Waals surface area contributed by atoms with Crippen LogP contribution in [0.1, 0.15) is 13.8 Å². The predicted molar refractivity (Wildman–Crippen MR) is 45.7 cm³/mol. The Kier molecular flexibility index (Phi) is 2.78. The molecular formula is C9H13NO. The van der Waals surface area contributed by atoms with Crippen LogP contribution in [-0.4, -0.2) is 6.10 Å². The van der Waals surface area contributed by atoms with Gasteiger partial charge in [0.1, 0.15) is 5.76 Å². The van der Waals surface area contributed by atoms with Crippen LogP contribution in [0.2, 0.25) is 0 Å². The molecule has 1 N–H and O–H groups in total. The monoisotopic (exact) mass is 151 g/mol. The third-order valence-electron chi connectivity index (χ3n) is 1.16. The first-order chi connectivity index (χ1) is 5.29. The molecule has 0 aromatic heterocycles. The van der Waals surface area contributed by atoms with Crippen LogP contribution in [0.3, 0.4) is 0 Å². The summed E-state index contributed by atoms with van der Waals surface area (Å²) >= 11 is 0. The van der Waals surface area contributed by atoms with Crippen molar-refractivity contribution in [2.24, 2.45) is 0 Å². The fourth-order valence-corrected chi connectivity index (χ4v) is 0.785. The average molecular weight is 151 g/mol. The molecule has 0 radical (unpaired) electrons. The Morgan fingerprint density at radius 3 is 2.91 bits per heavy atom. The lowest BCUT2D eigenvalue weighted by atomic mass is 10.4. The van der Waals surface area contributed by atoms with Gasteiger partial charge in [-0.05, 0) is 26.0 Å². The molecule has 1 aliphatic rings. The van der Waals surface area contributed by atoms with E-state index < -0.39 is 0 Å². The lowest BCUT2D eigenvalue weighted by molar-refractivity contribution is 0.157. The summed E-state index contributed by atoms with van der Waals surface area (Å²) in [5, 5.41) is 2.97. The van der Waals surface area contributed by atoms with Crippen molar-refractivity contribution in [3.05, 3.63) is 36.4 Å². The normalized spacial score (nSPS) is 15.7. The van der Waals surface area contributed by atoms with E-state index in [9.17, 15) is 0 Å². The highest BCUT2D eigenvalue weighted by Gasteiger charge is 1.96. The Morgan fingerprint density at radius 2 is 2.18 bits per heavy atom. The molecule has 0 bridgehead atoms. The largest absolute Gasteiger partial charge is 0.489 e. The van der Waals surface area contributed by atoms with Crippen LogP contribution >= 0.6 is 0 Å². The minimum absolute atomic E-state index is 0.228. The highest BCUT2D eigenvalue weighted by molar-refractivity contribution is 5.20. The highest BCUT2D eigenvalue weighted by Crippen LogP contribution is 2.04. The SMILES string of the molecule is CC(C)OC1=CNC=CC=C1. The van der Waals surface area contributed by atoms with Crippen LogP contribution in [-0.2, 0) is 4.74 Å². The van der Waals surface area contributed by atoms with E-state index in [1.807, 2.05) is 44.5 Å². The summed E-state index contributed by atoms with van der Waals surface area (Å²) in [5.74, 6) is 0.866. The molecule has 1 aliphatic heterocycles. The topological polar surface area (TPSA) is 21.3 Å². The zero-order valence-corrected chi connectivity index (χ0v) is 6.87. The molecule has 0 atom stereocenters. The molecule has 0 saturated heterocycles. The van der Waals surface area contributed by atoms with Crippen LogP contribution in [0.4, 0.5) is 0 Å². The molecule has 0 aliphatic carbocycles. The number of nitrogens with one attached hydrogen (secondary N) is 1. The lowest BCUT2D eigenvalue weighted by Gasteiger charge is -2.09. The number of rotatable bonds is 2. The van der Waals surface area contributed by atoms with Crippen molar-refractivity contribution >= 4 is 0 Å². The Bertz CT molecular complexity index is 202. The van der Waals surface area contributed by atoms with Crippen LogP contribution in [0, 0.1) is 0 Å². The van der Waals surface area contributed by atoms with Gasteiger partial charge < -0.3 is 10.1 Å². The van der Waals surface area contributed by atoms with Gasteiger partial charge in [0, 0.05) is 12.4 Å². The first-order valence-corrected chi connectivity index (χ1v) is 3.75. The maximum atomic E-state index is 5.44. The van der Waals surface area contributed by atoms with E-state index in [1.165, 1.54) is 0 Å². The molecule has 0 saturated carbocycles. The maximum Gasteiger partial charge on any atom is 0.135 e. The number of allylic oxidation sites excluding steroid dienone is 3. The van der Waals surface area contributed by atoms with Crippen molar-refractivity contribution in [2.75, 3.05) is 0 Å². The summed E-state index contributed by atoms with van der Waals surface area (Å²) in [6, 6.07) is 0. The first kappa shape index (κ1) is 7.92. The van der Waals surface area contributed by atoms with Gasteiger partial charge in [-0.25, -0.2) is 0 Å². The van der Waals surface area contributed by atoms with Gasteiger partial charge >= 0.3 is 0 Å². The van der Waals surface area contributed by atoms with Gasteiger partial charge in [0.05, 0.1) is 6.10 Å². The fourth-order valence-electron chi connectivity index (χ4n) is 0.785. The van der Waals surface area contributed by atoms with Crippen molar-refractivity contribution in [1.82, 2.24) is 5.32 Å². The van der Waals surface area contributed by atoms with Gasteiger partial charge in [-0.15, -0.1) is 0 Å². The summed E-state index contributed by atoms with van der Waals surface area (Å²) in [7, 11) is 0. The van der Waals surface area contributed by atoms with Crippen LogP contribution in [0.5, 0.6) is 0 Å². The molecule has 60 valence electrons. The van der Waals surface area contributed by atoms with Gasteiger partial charge in [0.15, 0.2) is 0 Å². The van der Waals surface area contributed by atoms with Gasteiger partial charge in [-0.2, -0.15) is 0 Å². The van der Waals surface area contributed by atoms with E-state index in [0.29, 0.717) is 0 Å². The average Bonchev–Trinajstić information content (AvgIpc) is 2.14. The predicted octanol–water partition coefficient (Wildman–Crippen LogP) is 1.93. The van der Waals surface area contributed by atoms with Crippen LogP contribution < -0.4 is 5.32 Å². The van der Waals surface area contributed by atoms with Crippen molar-refractivity contribution in [2.45, 2.75) is 20.0 Å². The first-order valence-electron chi connectivity index (χ1n) is 3.75. The summed E-state index contributed by atoms with van der Waals surface area (Å²) in [4.78, 5) is 0. The summed E-state index contributed by atoms with van der Waals surface area (Å²) in [6.45, 7) is 4.01. The van der Waals surface area contributed by atoms with Crippen molar-refractivity contribution in [1.29, 1.82) is 0 Å². The molecule has 11 heavy (non-hydrogen) atoms. The van der Waals surface area contributed by atoms with E-state index >= 15 is 0 Å². The molecule has 0 unspecified atom stereocenters. The number of hydrogen-bond acceptors (Lipinski definition) is 2. The Morgan fingerprint density at radius 1 is 1.36 bits per heavy atom. The molecule has 2 nitrogen and oxygen atoms in total. The van der Waals surface area contributed by atoms with Crippen LogP contribution in [0.25, 0.3) is 0 Å². The standard InChI is InChI=1S/C9H13NO/c1-8(2)11-9-5-3-4-6-10-7-9/h3-8,10H,1-2H3.